The molecule has 0 unspecified atom stereocenters. The van der Waals surface area contributed by atoms with Crippen molar-refractivity contribution in [3.63, 3.8) is 0 Å². The van der Waals surface area contributed by atoms with Crippen molar-refractivity contribution in [2.45, 2.75) is 0 Å². The Balaban J connectivity index is 1.10. The van der Waals surface area contributed by atoms with E-state index in [1.54, 1.807) is 18.2 Å². The number of para-hydroxylation sites is 1. The molecule has 0 saturated carbocycles. The lowest BCUT2D eigenvalue weighted by molar-refractivity contribution is 0.669. The van der Waals surface area contributed by atoms with Crippen LogP contribution in [0, 0.1) is 0 Å². The van der Waals surface area contributed by atoms with Gasteiger partial charge >= 0.3 is 0 Å². The predicted molar refractivity (Wildman–Crippen MR) is 220 cm³/mol. The van der Waals surface area contributed by atoms with E-state index in [2.05, 4.69) is 53.4 Å². The molecule has 0 fully saturated rings. The van der Waals surface area contributed by atoms with E-state index in [0.29, 0.717) is 34.2 Å². The van der Waals surface area contributed by atoms with Crippen LogP contribution in [-0.2, 0) is 0 Å². The zero-order valence-electron chi connectivity index (χ0n) is 34.9. The first-order valence-electron chi connectivity index (χ1n) is 20.7. The molecule has 52 heavy (non-hydrogen) atoms. The third kappa shape index (κ3) is 5.21. The van der Waals surface area contributed by atoms with Crippen molar-refractivity contribution in [2.24, 2.45) is 0 Å². The van der Waals surface area contributed by atoms with Gasteiger partial charge in [-0.05, 0) is 109 Å². The van der Waals surface area contributed by atoms with Gasteiger partial charge in [-0.2, -0.15) is 0 Å². The van der Waals surface area contributed by atoms with E-state index in [9.17, 15) is 1.37 Å². The van der Waals surface area contributed by atoms with Gasteiger partial charge in [0.2, 0.25) is 0 Å². The largest absolute Gasteiger partial charge is 0.456 e. The van der Waals surface area contributed by atoms with Crippen molar-refractivity contribution in [3.8, 4) is 33.4 Å². The second-order valence-electron chi connectivity index (χ2n) is 12.8. The molecule has 0 spiro atoms. The van der Waals surface area contributed by atoms with Crippen molar-refractivity contribution in [1.82, 2.24) is 0 Å². The lowest BCUT2D eigenvalue weighted by atomic mass is 9.97. The smallest absolute Gasteiger partial charge is 0.136 e. The van der Waals surface area contributed by atoms with E-state index in [0.717, 1.165) is 66.2 Å². The van der Waals surface area contributed by atoms with Gasteiger partial charge in [0.25, 0.3) is 0 Å². The molecule has 1 aromatic heterocycles. The number of benzene rings is 9. The van der Waals surface area contributed by atoms with Gasteiger partial charge in [0.15, 0.2) is 0 Å². The number of fused-ring (bicyclic) bond motifs is 6. The van der Waals surface area contributed by atoms with Gasteiger partial charge in [0, 0.05) is 27.8 Å². The van der Waals surface area contributed by atoms with Crippen molar-refractivity contribution < 1.29 is 14.0 Å². The average molecular weight is 671 g/mol. The number of hydrogen-bond donors (Lipinski definition) is 0. The first-order chi connectivity index (χ1) is 28.7. The summed E-state index contributed by atoms with van der Waals surface area (Å²) >= 11 is 0. The Hall–Kier alpha value is -6.90. The van der Waals surface area contributed by atoms with Crippen LogP contribution in [0.4, 0.5) is 17.1 Å². The molecule has 244 valence electrons. The summed E-state index contributed by atoms with van der Waals surface area (Å²) in [4.78, 5) is 2.13. The van der Waals surface area contributed by atoms with Crippen LogP contribution in [-0.4, -0.2) is 0 Å². The third-order valence-corrected chi connectivity index (χ3v) is 9.73. The molecule has 2 heteroatoms. The number of furan rings is 1. The molecule has 10 rings (SSSR count). The molecule has 0 bridgehead atoms. The Morgan fingerprint density at radius 3 is 1.90 bits per heavy atom. The Morgan fingerprint density at radius 1 is 0.404 bits per heavy atom. The summed E-state index contributed by atoms with van der Waals surface area (Å²) in [5.41, 5.74) is 8.25. The number of nitrogens with zero attached hydrogens (tertiary/aromatic N) is 1. The maximum atomic E-state index is 9.50. The van der Waals surface area contributed by atoms with E-state index < -0.39 is 6.04 Å². The molecule has 0 N–H and O–H groups in total. The average Bonchev–Trinajstić information content (AvgIpc) is 3.66. The van der Waals surface area contributed by atoms with E-state index in [1.165, 1.54) is 0 Å². The summed E-state index contributed by atoms with van der Waals surface area (Å²) in [5.74, 6) is 0. The fourth-order valence-electron chi connectivity index (χ4n) is 7.24. The maximum Gasteiger partial charge on any atom is 0.136 e. The van der Waals surface area contributed by atoms with E-state index in [1.807, 2.05) is 91.0 Å². The van der Waals surface area contributed by atoms with E-state index in [-0.39, 0.29) is 29.7 Å². The zero-order valence-corrected chi connectivity index (χ0v) is 27.9. The zero-order chi connectivity index (χ0) is 40.5. The molecule has 0 atom stereocenters. The molecular formula is C50H33NO. The molecule has 0 aliphatic rings. The van der Waals surface area contributed by atoms with E-state index >= 15 is 0 Å². The first-order valence-corrected chi connectivity index (χ1v) is 17.2. The highest BCUT2D eigenvalue weighted by molar-refractivity contribution is 6.19. The molecule has 0 amide bonds. The first kappa shape index (κ1) is 23.5. The normalized spacial score (nSPS) is 13.3. The van der Waals surface area contributed by atoms with Crippen LogP contribution in [0.25, 0.3) is 76.9 Å². The minimum Gasteiger partial charge on any atom is -0.456 e. The van der Waals surface area contributed by atoms with Gasteiger partial charge in [-0.15, -0.1) is 0 Å². The topological polar surface area (TPSA) is 16.4 Å². The molecular weight excluding hydrogens is 631 g/mol. The number of hydrogen-bond acceptors (Lipinski definition) is 2. The lowest BCUT2D eigenvalue weighted by Crippen LogP contribution is -2.10. The van der Waals surface area contributed by atoms with Crippen molar-refractivity contribution in [3.05, 3.63) is 200 Å². The Labute approximate surface area is 312 Å². The van der Waals surface area contributed by atoms with Gasteiger partial charge in [0.1, 0.15) is 11.2 Å². The van der Waals surface area contributed by atoms with Crippen LogP contribution in [0.5, 0.6) is 0 Å². The summed E-state index contributed by atoms with van der Waals surface area (Å²) in [6.45, 7) is 0. The lowest BCUT2D eigenvalue weighted by Gasteiger charge is -2.26. The summed E-state index contributed by atoms with van der Waals surface area (Å²) in [7, 11) is 0. The van der Waals surface area contributed by atoms with Crippen molar-refractivity contribution in [1.29, 1.82) is 0 Å². The predicted octanol–water partition coefficient (Wildman–Crippen LogP) is 14.4. The van der Waals surface area contributed by atoms with Gasteiger partial charge in [0.05, 0.1) is 9.60 Å². The molecule has 0 saturated heterocycles. The standard InChI is InChI=1S/C50H33NO/c1-2-10-34(11-3-1)35-22-27-41(28-23-35)51(43-15-8-14-40(32-43)45-18-9-13-37-12-4-5-16-44(37)45)42-29-24-36(25-30-42)39-21-20-38-26-31-49-50(47(38)33-39)46-17-6-7-19-48(46)52-49/h1-33H/i1D,2D,3D,10D,11D,17D,33D. The third-order valence-electron chi connectivity index (χ3n) is 9.73. The highest BCUT2D eigenvalue weighted by Gasteiger charge is 2.16. The van der Waals surface area contributed by atoms with Gasteiger partial charge in [-0.1, -0.05) is 145 Å². The second-order valence-corrected chi connectivity index (χ2v) is 12.8. The summed E-state index contributed by atoms with van der Waals surface area (Å²) in [6, 6.07) is 50.8. The highest BCUT2D eigenvalue weighted by atomic mass is 16.3. The SMILES string of the molecule is [2H]c1c([2H])c([2H])c(-c2ccc(N(c3ccc(-c4ccc5ccc6oc7cccc([2H])c7c6c5c4[2H])cc3)c3cccc(-c4cccc5ccccc45)c3)cc2)c([2H])c1[2H]. The van der Waals surface area contributed by atoms with Crippen LogP contribution in [0.2, 0.25) is 0 Å². The van der Waals surface area contributed by atoms with Crippen LogP contribution in [0.15, 0.2) is 204 Å². The maximum absolute atomic E-state index is 9.50. The summed E-state index contributed by atoms with van der Waals surface area (Å²) in [5, 5.41) is 5.42. The fourth-order valence-corrected chi connectivity index (χ4v) is 7.24. The van der Waals surface area contributed by atoms with E-state index in [4.69, 9.17) is 12.6 Å². The van der Waals surface area contributed by atoms with Gasteiger partial charge in [-0.25, -0.2) is 0 Å². The molecule has 9 aromatic carbocycles. The molecule has 0 aliphatic carbocycles. The molecule has 0 radical (unpaired) electrons. The molecule has 2 nitrogen and oxygen atoms in total. The Bertz CT molecular complexity index is 3270. The van der Waals surface area contributed by atoms with Crippen molar-refractivity contribution >= 4 is 60.5 Å². The quantitative estimate of drug-likeness (QED) is 0.175. The monoisotopic (exact) mass is 670 g/mol. The molecule has 1 heterocycles. The van der Waals surface area contributed by atoms with Crippen molar-refractivity contribution in [2.75, 3.05) is 4.90 Å². The second kappa shape index (κ2) is 12.5. The van der Waals surface area contributed by atoms with Gasteiger partial charge in [-0.3, -0.25) is 0 Å². The highest BCUT2D eigenvalue weighted by Crippen LogP contribution is 2.41. The van der Waals surface area contributed by atoms with Crippen LogP contribution in [0.1, 0.15) is 9.60 Å². The van der Waals surface area contributed by atoms with Crippen LogP contribution < -0.4 is 4.90 Å². The van der Waals surface area contributed by atoms with Crippen LogP contribution in [0.3, 0.4) is 0 Å². The molecule has 10 aromatic rings. The number of anilines is 3. The minimum atomic E-state index is -0.424. The Kier molecular flexibility index (Phi) is 5.63. The number of rotatable bonds is 6. The van der Waals surface area contributed by atoms with Gasteiger partial charge < -0.3 is 9.32 Å². The summed E-state index contributed by atoms with van der Waals surface area (Å²) in [6.07, 6.45) is 0. The summed E-state index contributed by atoms with van der Waals surface area (Å²) < 4.78 is 65.9. The fraction of sp³-hybridized carbons (Fsp3) is 0. The van der Waals surface area contributed by atoms with Crippen LogP contribution >= 0.6 is 0 Å². The Morgan fingerprint density at radius 2 is 1.08 bits per heavy atom. The molecule has 0 aliphatic heterocycles. The minimum absolute atomic E-state index is 0.151.